The molecule has 1 heterocycles. The first-order chi connectivity index (χ1) is 12.4. The molecular formula is C20H27N3O3. The molecule has 0 spiro atoms. The standard InChI is InChI=1S/C20H27N3O3/c1-5-9-21-19(24)17-8-6-7-16(11-17)12-22-20(25)23-14(3)18-10-13(2)26-15(18)4/h6-8,10-11,14H,5,9,12H2,1-4H3,(H,21,24)(H2,22,23,25). The number of furan rings is 1. The monoisotopic (exact) mass is 357 g/mol. The Morgan fingerprint density at radius 1 is 1.15 bits per heavy atom. The summed E-state index contributed by atoms with van der Waals surface area (Å²) >= 11 is 0. The molecule has 2 rings (SSSR count). The minimum absolute atomic E-state index is 0.0995. The zero-order chi connectivity index (χ0) is 19.1. The topological polar surface area (TPSA) is 83.4 Å². The first-order valence-corrected chi connectivity index (χ1v) is 8.89. The third-order valence-corrected chi connectivity index (χ3v) is 4.07. The zero-order valence-corrected chi connectivity index (χ0v) is 15.8. The minimum Gasteiger partial charge on any atom is -0.466 e. The van der Waals surface area contributed by atoms with Crippen LogP contribution in [-0.2, 0) is 6.54 Å². The van der Waals surface area contributed by atoms with Crippen LogP contribution in [0.25, 0.3) is 0 Å². The molecule has 1 unspecified atom stereocenters. The van der Waals surface area contributed by atoms with Crippen molar-refractivity contribution in [3.8, 4) is 0 Å². The summed E-state index contributed by atoms with van der Waals surface area (Å²) in [7, 11) is 0. The lowest BCUT2D eigenvalue weighted by Crippen LogP contribution is -2.36. The third kappa shape index (κ3) is 5.37. The van der Waals surface area contributed by atoms with Crippen LogP contribution in [0.2, 0.25) is 0 Å². The summed E-state index contributed by atoms with van der Waals surface area (Å²) in [6.45, 7) is 8.67. The Labute approximate surface area is 154 Å². The number of amides is 3. The van der Waals surface area contributed by atoms with E-state index >= 15 is 0 Å². The molecule has 1 aromatic carbocycles. The van der Waals surface area contributed by atoms with Crippen LogP contribution in [0.15, 0.2) is 34.7 Å². The minimum atomic E-state index is -0.267. The molecule has 3 N–H and O–H groups in total. The molecule has 3 amide bonds. The van der Waals surface area contributed by atoms with E-state index in [4.69, 9.17) is 4.42 Å². The van der Waals surface area contributed by atoms with E-state index in [0.717, 1.165) is 29.1 Å². The molecule has 6 nitrogen and oxygen atoms in total. The van der Waals surface area contributed by atoms with Crippen molar-refractivity contribution in [2.45, 2.75) is 46.7 Å². The van der Waals surface area contributed by atoms with Crippen molar-refractivity contribution in [3.63, 3.8) is 0 Å². The van der Waals surface area contributed by atoms with Crippen molar-refractivity contribution in [2.24, 2.45) is 0 Å². The summed E-state index contributed by atoms with van der Waals surface area (Å²) in [6, 6.07) is 8.76. The third-order valence-electron chi connectivity index (χ3n) is 4.07. The van der Waals surface area contributed by atoms with Gasteiger partial charge in [-0.15, -0.1) is 0 Å². The van der Waals surface area contributed by atoms with Crippen molar-refractivity contribution in [3.05, 3.63) is 58.5 Å². The fourth-order valence-corrected chi connectivity index (χ4v) is 2.75. The summed E-state index contributed by atoms with van der Waals surface area (Å²) in [5, 5.41) is 8.56. The fourth-order valence-electron chi connectivity index (χ4n) is 2.75. The molecule has 0 saturated heterocycles. The van der Waals surface area contributed by atoms with E-state index in [1.807, 2.05) is 45.9 Å². The molecule has 6 heteroatoms. The van der Waals surface area contributed by atoms with Gasteiger partial charge in [0.2, 0.25) is 0 Å². The predicted molar refractivity (Wildman–Crippen MR) is 101 cm³/mol. The van der Waals surface area contributed by atoms with Crippen molar-refractivity contribution < 1.29 is 14.0 Å². The van der Waals surface area contributed by atoms with Gasteiger partial charge in [-0.3, -0.25) is 4.79 Å². The Hall–Kier alpha value is -2.76. The molecular weight excluding hydrogens is 330 g/mol. The van der Waals surface area contributed by atoms with Gasteiger partial charge in [-0.05, 0) is 51.0 Å². The normalized spacial score (nSPS) is 11.7. The van der Waals surface area contributed by atoms with Gasteiger partial charge in [0.05, 0.1) is 6.04 Å². The van der Waals surface area contributed by atoms with Crippen LogP contribution in [-0.4, -0.2) is 18.5 Å². The number of carbonyl (C=O) groups excluding carboxylic acids is 2. The van der Waals surface area contributed by atoms with Crippen LogP contribution >= 0.6 is 0 Å². The zero-order valence-electron chi connectivity index (χ0n) is 15.8. The van der Waals surface area contributed by atoms with Gasteiger partial charge in [0.15, 0.2) is 0 Å². The van der Waals surface area contributed by atoms with Gasteiger partial charge < -0.3 is 20.4 Å². The average molecular weight is 357 g/mol. The van der Waals surface area contributed by atoms with Gasteiger partial charge in [0.1, 0.15) is 11.5 Å². The Morgan fingerprint density at radius 3 is 2.58 bits per heavy atom. The largest absolute Gasteiger partial charge is 0.466 e. The van der Waals surface area contributed by atoms with E-state index < -0.39 is 0 Å². The van der Waals surface area contributed by atoms with Crippen LogP contribution < -0.4 is 16.0 Å². The number of carbonyl (C=O) groups is 2. The van der Waals surface area contributed by atoms with Crippen molar-refractivity contribution in [1.29, 1.82) is 0 Å². The lowest BCUT2D eigenvalue weighted by Gasteiger charge is -2.14. The highest BCUT2D eigenvalue weighted by Crippen LogP contribution is 2.20. The summed E-state index contributed by atoms with van der Waals surface area (Å²) in [5.41, 5.74) is 2.43. The van der Waals surface area contributed by atoms with Crippen LogP contribution in [0.4, 0.5) is 4.79 Å². The van der Waals surface area contributed by atoms with Crippen LogP contribution in [0.5, 0.6) is 0 Å². The maximum atomic E-state index is 12.1. The fraction of sp³-hybridized carbons (Fsp3) is 0.400. The van der Waals surface area contributed by atoms with E-state index in [1.54, 1.807) is 12.1 Å². The van der Waals surface area contributed by atoms with Gasteiger partial charge in [0.25, 0.3) is 5.91 Å². The summed E-state index contributed by atoms with van der Waals surface area (Å²) in [5.74, 6) is 1.53. The smallest absolute Gasteiger partial charge is 0.315 e. The Balaban J connectivity index is 1.89. The summed E-state index contributed by atoms with van der Waals surface area (Å²) in [6.07, 6.45) is 0.890. The van der Waals surface area contributed by atoms with E-state index in [0.29, 0.717) is 18.7 Å². The Kier molecular flexibility index (Phi) is 6.83. The quantitative estimate of drug-likeness (QED) is 0.708. The van der Waals surface area contributed by atoms with Gasteiger partial charge >= 0.3 is 6.03 Å². The molecule has 0 bridgehead atoms. The van der Waals surface area contributed by atoms with Crippen LogP contribution in [0.1, 0.15) is 59.3 Å². The SMILES string of the molecule is CCCNC(=O)c1cccc(CNC(=O)NC(C)c2cc(C)oc2C)c1. The predicted octanol–water partition coefficient (Wildman–Crippen LogP) is 3.60. The van der Waals surface area contributed by atoms with Crippen LogP contribution in [0.3, 0.4) is 0 Å². The van der Waals surface area contributed by atoms with E-state index in [2.05, 4.69) is 16.0 Å². The van der Waals surface area contributed by atoms with Gasteiger partial charge in [-0.2, -0.15) is 0 Å². The Morgan fingerprint density at radius 2 is 1.92 bits per heavy atom. The van der Waals surface area contributed by atoms with E-state index in [9.17, 15) is 9.59 Å². The molecule has 1 aromatic heterocycles. The molecule has 0 saturated carbocycles. The number of hydrogen-bond acceptors (Lipinski definition) is 3. The number of aryl methyl sites for hydroxylation is 2. The lowest BCUT2D eigenvalue weighted by molar-refractivity contribution is 0.0953. The number of urea groups is 1. The van der Waals surface area contributed by atoms with Crippen LogP contribution in [0, 0.1) is 13.8 Å². The first kappa shape index (κ1) is 19.6. The molecule has 0 aliphatic carbocycles. The number of hydrogen-bond donors (Lipinski definition) is 3. The Bertz CT molecular complexity index is 767. The van der Waals surface area contributed by atoms with Crippen molar-refractivity contribution >= 4 is 11.9 Å². The highest BCUT2D eigenvalue weighted by atomic mass is 16.3. The van der Waals surface area contributed by atoms with Crippen molar-refractivity contribution in [1.82, 2.24) is 16.0 Å². The van der Waals surface area contributed by atoms with Gasteiger partial charge in [-0.25, -0.2) is 4.79 Å². The van der Waals surface area contributed by atoms with Gasteiger partial charge in [-0.1, -0.05) is 19.1 Å². The van der Waals surface area contributed by atoms with Gasteiger partial charge in [0, 0.05) is 24.2 Å². The second kappa shape index (κ2) is 9.08. The number of benzene rings is 1. The highest BCUT2D eigenvalue weighted by molar-refractivity contribution is 5.94. The first-order valence-electron chi connectivity index (χ1n) is 8.89. The molecule has 0 fully saturated rings. The molecule has 1 atom stereocenters. The number of rotatable bonds is 7. The molecule has 0 aliphatic heterocycles. The second-order valence-corrected chi connectivity index (χ2v) is 6.37. The maximum Gasteiger partial charge on any atom is 0.315 e. The summed E-state index contributed by atoms with van der Waals surface area (Å²) < 4.78 is 5.50. The molecule has 140 valence electrons. The summed E-state index contributed by atoms with van der Waals surface area (Å²) in [4.78, 5) is 24.2. The maximum absolute atomic E-state index is 12.1. The highest BCUT2D eigenvalue weighted by Gasteiger charge is 2.15. The van der Waals surface area contributed by atoms with Crippen molar-refractivity contribution in [2.75, 3.05) is 6.54 Å². The lowest BCUT2D eigenvalue weighted by atomic mass is 10.1. The molecule has 26 heavy (non-hydrogen) atoms. The average Bonchev–Trinajstić information content (AvgIpc) is 2.96. The van der Waals surface area contributed by atoms with E-state index in [1.165, 1.54) is 0 Å². The number of nitrogens with one attached hydrogen (secondary N) is 3. The van der Waals surface area contributed by atoms with E-state index in [-0.39, 0.29) is 18.0 Å². The molecule has 2 aromatic rings. The molecule has 0 aliphatic rings. The second-order valence-electron chi connectivity index (χ2n) is 6.37. The molecule has 0 radical (unpaired) electrons.